The van der Waals surface area contributed by atoms with Crippen molar-refractivity contribution < 1.29 is 18.9 Å². The average Bonchev–Trinajstić information content (AvgIpc) is 2.47. The van der Waals surface area contributed by atoms with E-state index in [1.54, 1.807) is 6.07 Å². The molecule has 168 valence electrons. The highest BCUT2D eigenvalue weighted by Crippen LogP contribution is 2.41. The fraction of sp³-hybridized carbons (Fsp3) is 0.750. The van der Waals surface area contributed by atoms with Crippen LogP contribution in [0.15, 0.2) is 18.2 Å². The van der Waals surface area contributed by atoms with Gasteiger partial charge in [0.2, 0.25) is 0 Å². The molecule has 2 atom stereocenters. The number of aryl methyl sites for hydroxylation is 1. The predicted octanol–water partition coefficient (Wildman–Crippen LogP) is 7.17. The lowest BCUT2D eigenvalue weighted by atomic mass is 9.81. The Hall–Kier alpha value is -0.830. The van der Waals surface area contributed by atoms with Crippen LogP contribution in [0.2, 0.25) is 0 Å². The molecule has 0 aliphatic heterocycles. The lowest BCUT2D eigenvalue weighted by molar-refractivity contribution is 0.280. The van der Waals surface area contributed by atoms with Crippen LogP contribution in [-0.4, -0.2) is 9.79 Å². The second-order valence-corrected chi connectivity index (χ2v) is 12.5. The summed E-state index contributed by atoms with van der Waals surface area (Å²) in [6.07, 6.45) is 5.98. The van der Waals surface area contributed by atoms with Gasteiger partial charge in [0.15, 0.2) is 0 Å². The third kappa shape index (κ3) is 11.8. The molecule has 2 N–H and O–H groups in total. The van der Waals surface area contributed by atoms with Crippen molar-refractivity contribution in [3.63, 3.8) is 0 Å². The van der Waals surface area contributed by atoms with Crippen LogP contribution in [0.1, 0.15) is 92.2 Å². The Morgan fingerprint density at radius 2 is 1.38 bits per heavy atom. The molecule has 4 nitrogen and oxygen atoms in total. The summed E-state index contributed by atoms with van der Waals surface area (Å²) in [5, 5.41) is 0. The number of benzene rings is 1. The van der Waals surface area contributed by atoms with E-state index in [1.165, 1.54) is 0 Å². The molecule has 0 aromatic heterocycles. The third-order valence-electron chi connectivity index (χ3n) is 5.16. The van der Waals surface area contributed by atoms with E-state index >= 15 is 0 Å². The van der Waals surface area contributed by atoms with Crippen LogP contribution in [-0.2, 0) is 17.4 Å². The summed E-state index contributed by atoms with van der Waals surface area (Å²) in [4.78, 5) is 18.7. The second kappa shape index (κ2) is 10.5. The number of hydrogen-bond acceptors (Lipinski definition) is 2. The molecule has 29 heavy (non-hydrogen) atoms. The van der Waals surface area contributed by atoms with Crippen LogP contribution in [0.5, 0.6) is 5.75 Å². The van der Waals surface area contributed by atoms with Gasteiger partial charge in [-0.15, -0.1) is 0 Å². The zero-order valence-corrected chi connectivity index (χ0v) is 20.7. The van der Waals surface area contributed by atoms with Crippen LogP contribution in [0.3, 0.4) is 0 Å². The molecule has 0 radical (unpaired) electrons. The highest BCUT2D eigenvalue weighted by molar-refractivity contribution is 7.46. The maximum atomic E-state index is 11.5. The molecule has 1 aromatic carbocycles. The van der Waals surface area contributed by atoms with E-state index in [0.29, 0.717) is 23.0 Å². The summed E-state index contributed by atoms with van der Waals surface area (Å²) in [6, 6.07) is 5.61. The van der Waals surface area contributed by atoms with Gasteiger partial charge in [-0.3, -0.25) is 9.79 Å². The zero-order valence-electron chi connectivity index (χ0n) is 19.8. The lowest BCUT2D eigenvalue weighted by Gasteiger charge is -2.25. The van der Waals surface area contributed by atoms with Crippen molar-refractivity contribution in [2.24, 2.45) is 22.7 Å². The quantitative estimate of drug-likeness (QED) is 0.389. The van der Waals surface area contributed by atoms with Crippen molar-refractivity contribution in [2.75, 3.05) is 0 Å². The molecule has 0 saturated heterocycles. The van der Waals surface area contributed by atoms with Crippen molar-refractivity contribution in [1.29, 1.82) is 0 Å². The van der Waals surface area contributed by atoms with Crippen LogP contribution < -0.4 is 4.52 Å². The van der Waals surface area contributed by atoms with Crippen molar-refractivity contribution in [3.8, 4) is 5.75 Å². The summed E-state index contributed by atoms with van der Waals surface area (Å²) < 4.78 is 16.5. The average molecular weight is 427 g/mol. The molecule has 2 unspecified atom stereocenters. The first-order chi connectivity index (χ1) is 13.1. The molecule has 0 amide bonds. The molecule has 0 saturated carbocycles. The van der Waals surface area contributed by atoms with E-state index in [2.05, 4.69) is 61.5 Å². The van der Waals surface area contributed by atoms with Gasteiger partial charge in [-0.25, -0.2) is 4.57 Å². The Kier molecular flexibility index (Phi) is 9.46. The molecular weight excluding hydrogens is 383 g/mol. The van der Waals surface area contributed by atoms with Gasteiger partial charge in [-0.05, 0) is 78.4 Å². The minimum atomic E-state index is -4.58. The van der Waals surface area contributed by atoms with Gasteiger partial charge in [0, 0.05) is 0 Å². The summed E-state index contributed by atoms with van der Waals surface area (Å²) >= 11 is 0. The minimum absolute atomic E-state index is 0.270. The van der Waals surface area contributed by atoms with Gasteiger partial charge in [0.1, 0.15) is 5.75 Å². The predicted molar refractivity (Wildman–Crippen MR) is 122 cm³/mol. The topological polar surface area (TPSA) is 66.8 Å². The van der Waals surface area contributed by atoms with Crippen LogP contribution in [0.4, 0.5) is 0 Å². The van der Waals surface area contributed by atoms with E-state index in [0.717, 1.165) is 49.7 Å². The van der Waals surface area contributed by atoms with Gasteiger partial charge in [0.05, 0.1) is 0 Å². The zero-order chi connectivity index (χ0) is 22.5. The van der Waals surface area contributed by atoms with E-state index in [-0.39, 0.29) is 5.41 Å². The van der Waals surface area contributed by atoms with Gasteiger partial charge in [0.25, 0.3) is 0 Å². The number of rotatable bonds is 10. The van der Waals surface area contributed by atoms with Crippen molar-refractivity contribution in [1.82, 2.24) is 0 Å². The third-order valence-corrected chi connectivity index (χ3v) is 5.60. The fourth-order valence-corrected chi connectivity index (χ4v) is 4.86. The van der Waals surface area contributed by atoms with Crippen molar-refractivity contribution >= 4 is 7.82 Å². The van der Waals surface area contributed by atoms with Crippen LogP contribution in [0.25, 0.3) is 0 Å². The molecule has 1 rings (SSSR count). The lowest BCUT2D eigenvalue weighted by Crippen LogP contribution is -2.13. The molecule has 0 fully saturated rings. The Morgan fingerprint density at radius 3 is 1.83 bits per heavy atom. The largest absolute Gasteiger partial charge is 0.524 e. The Morgan fingerprint density at radius 1 is 0.897 bits per heavy atom. The Bertz CT molecular complexity index is 679. The fourth-order valence-electron chi connectivity index (χ4n) is 4.43. The second-order valence-electron chi connectivity index (χ2n) is 11.3. The molecule has 1 aromatic rings. The Labute approximate surface area is 178 Å². The summed E-state index contributed by atoms with van der Waals surface area (Å²) in [7, 11) is -4.58. The molecule has 0 bridgehead atoms. The highest BCUT2D eigenvalue weighted by atomic mass is 31.2. The van der Waals surface area contributed by atoms with Crippen LogP contribution >= 0.6 is 7.82 Å². The maximum absolute atomic E-state index is 11.5. The first-order valence-electron chi connectivity index (χ1n) is 10.9. The SMILES string of the molecule is CC(CCc1cccc(OP(=O)(O)O)c1CCC(C)CC(C)(C)C)CC(C)(C)C. The smallest absolute Gasteiger partial charge is 0.404 e. The molecule has 0 aliphatic rings. The highest BCUT2D eigenvalue weighted by Gasteiger charge is 2.22. The minimum Gasteiger partial charge on any atom is -0.404 e. The summed E-state index contributed by atoms with van der Waals surface area (Å²) in [6.45, 7) is 18.1. The maximum Gasteiger partial charge on any atom is 0.524 e. The molecule has 5 heteroatoms. The van der Waals surface area contributed by atoms with E-state index < -0.39 is 7.82 Å². The van der Waals surface area contributed by atoms with Crippen LogP contribution in [0, 0.1) is 22.7 Å². The van der Waals surface area contributed by atoms with Crippen molar-refractivity contribution in [3.05, 3.63) is 29.3 Å². The first kappa shape index (κ1) is 26.2. The van der Waals surface area contributed by atoms with Gasteiger partial charge >= 0.3 is 7.82 Å². The summed E-state index contributed by atoms with van der Waals surface area (Å²) in [5.74, 6) is 1.46. The van der Waals surface area contributed by atoms with E-state index in [1.807, 2.05) is 6.07 Å². The molecule has 0 heterocycles. The number of hydrogen-bond donors (Lipinski definition) is 2. The molecule has 0 aliphatic carbocycles. The molecule has 0 spiro atoms. The number of phosphoric ester groups is 1. The monoisotopic (exact) mass is 426 g/mol. The van der Waals surface area contributed by atoms with Gasteiger partial charge < -0.3 is 4.52 Å². The standard InChI is InChI=1S/C24H43O4P/c1-18(16-23(3,4)5)12-14-20-10-9-11-22(28-29(25,26)27)21(20)15-13-19(2)17-24(6,7)8/h9-11,18-19H,12-17H2,1-8H3,(H2,25,26,27). The van der Waals surface area contributed by atoms with Gasteiger partial charge in [-0.2, -0.15) is 0 Å². The van der Waals surface area contributed by atoms with Crippen molar-refractivity contribution in [2.45, 2.75) is 93.9 Å². The Balaban J connectivity index is 2.99. The van der Waals surface area contributed by atoms with E-state index in [4.69, 9.17) is 4.52 Å². The van der Waals surface area contributed by atoms with Gasteiger partial charge in [-0.1, -0.05) is 67.5 Å². The number of phosphoric acid groups is 1. The van der Waals surface area contributed by atoms with E-state index in [9.17, 15) is 14.4 Å². The first-order valence-corrected chi connectivity index (χ1v) is 12.4. The normalized spacial score (nSPS) is 15.2. The molecular formula is C24H43O4P. The summed E-state index contributed by atoms with van der Waals surface area (Å²) in [5.41, 5.74) is 2.68.